The number of piperidine rings is 1. The number of hydrogen-bond donors (Lipinski definition) is 1. The SMILES string of the molecule is COc1ccc(C=CC(=O)N2CC[C@@]3(O)CCCC[C@H]3[C@@H]2c2ccccc2OC)cc1. The quantitative estimate of drug-likeness (QED) is 0.716. The molecule has 1 aliphatic carbocycles. The number of amides is 1. The second kappa shape index (κ2) is 9.15. The van der Waals surface area contributed by atoms with Crippen molar-refractivity contribution in [1.29, 1.82) is 0 Å². The number of para-hydroxylation sites is 1. The highest BCUT2D eigenvalue weighted by Crippen LogP contribution is 2.50. The van der Waals surface area contributed by atoms with Crippen LogP contribution in [0.15, 0.2) is 54.6 Å². The maximum Gasteiger partial charge on any atom is 0.247 e. The predicted octanol–water partition coefficient (Wildman–Crippen LogP) is 4.61. The van der Waals surface area contributed by atoms with Gasteiger partial charge in [0, 0.05) is 24.1 Å². The molecule has 0 unspecified atom stereocenters. The van der Waals surface area contributed by atoms with Crippen LogP contribution in [0, 0.1) is 5.92 Å². The highest BCUT2D eigenvalue weighted by Gasteiger charge is 2.50. The molecule has 3 atom stereocenters. The first kappa shape index (κ1) is 21.4. The number of likely N-dealkylation sites (tertiary alicyclic amines) is 1. The van der Waals surface area contributed by atoms with Crippen molar-refractivity contribution in [3.05, 3.63) is 65.7 Å². The van der Waals surface area contributed by atoms with Gasteiger partial charge in [-0.3, -0.25) is 4.79 Å². The molecule has 0 bridgehead atoms. The second-order valence-electron chi connectivity index (χ2n) is 8.53. The number of fused-ring (bicyclic) bond motifs is 1. The molecule has 1 N–H and O–H groups in total. The number of methoxy groups -OCH3 is 2. The van der Waals surface area contributed by atoms with Gasteiger partial charge in [0.1, 0.15) is 11.5 Å². The minimum Gasteiger partial charge on any atom is -0.497 e. The molecule has 2 aromatic carbocycles. The van der Waals surface area contributed by atoms with E-state index >= 15 is 0 Å². The van der Waals surface area contributed by atoms with Gasteiger partial charge in [0.15, 0.2) is 0 Å². The molecule has 1 saturated carbocycles. The lowest BCUT2D eigenvalue weighted by atomic mass is 9.66. The van der Waals surface area contributed by atoms with Crippen LogP contribution in [0.1, 0.15) is 49.3 Å². The molecular weight excluding hydrogens is 390 g/mol. The van der Waals surface area contributed by atoms with Crippen LogP contribution in [0.25, 0.3) is 6.08 Å². The Morgan fingerprint density at radius 3 is 2.58 bits per heavy atom. The third-order valence-electron chi connectivity index (χ3n) is 6.84. The fourth-order valence-corrected chi connectivity index (χ4v) is 5.20. The summed E-state index contributed by atoms with van der Waals surface area (Å²) in [5, 5.41) is 11.4. The van der Waals surface area contributed by atoms with E-state index in [1.54, 1.807) is 20.3 Å². The Labute approximate surface area is 184 Å². The summed E-state index contributed by atoms with van der Waals surface area (Å²) in [6, 6.07) is 15.3. The summed E-state index contributed by atoms with van der Waals surface area (Å²) in [6.07, 6.45) is 7.91. The van der Waals surface area contributed by atoms with Gasteiger partial charge in [0.25, 0.3) is 0 Å². The molecule has 164 valence electrons. The zero-order valence-electron chi connectivity index (χ0n) is 18.3. The van der Waals surface area contributed by atoms with E-state index in [1.165, 1.54) is 0 Å². The number of rotatable bonds is 5. The Bertz CT molecular complexity index is 939. The van der Waals surface area contributed by atoms with Crippen LogP contribution in [0.5, 0.6) is 11.5 Å². The molecule has 5 nitrogen and oxygen atoms in total. The summed E-state index contributed by atoms with van der Waals surface area (Å²) < 4.78 is 10.8. The lowest BCUT2D eigenvalue weighted by Gasteiger charge is -2.52. The number of ether oxygens (including phenoxy) is 2. The zero-order chi connectivity index (χ0) is 21.8. The van der Waals surface area contributed by atoms with Gasteiger partial charge in [-0.05, 0) is 49.1 Å². The van der Waals surface area contributed by atoms with E-state index in [-0.39, 0.29) is 17.9 Å². The maximum atomic E-state index is 13.3. The number of benzene rings is 2. The largest absolute Gasteiger partial charge is 0.497 e. The molecule has 2 aliphatic rings. The van der Waals surface area contributed by atoms with Crippen molar-refractivity contribution in [1.82, 2.24) is 4.90 Å². The molecule has 1 heterocycles. The third-order valence-corrected chi connectivity index (χ3v) is 6.84. The first-order chi connectivity index (χ1) is 15.1. The van der Waals surface area contributed by atoms with Gasteiger partial charge in [-0.1, -0.05) is 43.2 Å². The van der Waals surface area contributed by atoms with E-state index in [0.29, 0.717) is 13.0 Å². The first-order valence-electron chi connectivity index (χ1n) is 11.0. The summed E-state index contributed by atoms with van der Waals surface area (Å²) in [5.41, 5.74) is 1.19. The normalized spacial score (nSPS) is 25.8. The molecule has 0 spiro atoms. The fraction of sp³-hybridized carbons (Fsp3) is 0.423. The smallest absolute Gasteiger partial charge is 0.247 e. The van der Waals surface area contributed by atoms with E-state index < -0.39 is 5.60 Å². The van der Waals surface area contributed by atoms with Crippen LogP contribution in [0.2, 0.25) is 0 Å². The molecule has 1 amide bonds. The molecule has 5 heteroatoms. The molecule has 0 aromatic heterocycles. The topological polar surface area (TPSA) is 59.0 Å². The molecule has 1 saturated heterocycles. The maximum absolute atomic E-state index is 13.3. The Hall–Kier alpha value is -2.79. The van der Waals surface area contributed by atoms with Crippen LogP contribution in [-0.4, -0.2) is 42.3 Å². The highest BCUT2D eigenvalue weighted by atomic mass is 16.5. The fourth-order valence-electron chi connectivity index (χ4n) is 5.20. The van der Waals surface area contributed by atoms with Gasteiger partial charge < -0.3 is 19.5 Å². The number of hydrogen-bond acceptors (Lipinski definition) is 4. The van der Waals surface area contributed by atoms with Gasteiger partial charge in [-0.2, -0.15) is 0 Å². The van der Waals surface area contributed by atoms with Crippen molar-refractivity contribution >= 4 is 12.0 Å². The minimum atomic E-state index is -0.722. The van der Waals surface area contributed by atoms with Crippen LogP contribution in [0.3, 0.4) is 0 Å². The Kier molecular flexibility index (Phi) is 6.33. The monoisotopic (exact) mass is 421 g/mol. The van der Waals surface area contributed by atoms with Crippen LogP contribution in [-0.2, 0) is 4.79 Å². The number of aliphatic hydroxyl groups is 1. The summed E-state index contributed by atoms with van der Waals surface area (Å²) in [6.45, 7) is 0.529. The van der Waals surface area contributed by atoms with Gasteiger partial charge in [0.05, 0.1) is 25.9 Å². The summed E-state index contributed by atoms with van der Waals surface area (Å²) in [4.78, 5) is 15.3. The lowest BCUT2D eigenvalue weighted by molar-refractivity contribution is -0.151. The standard InChI is InChI=1S/C26H31NO4/c1-30-20-13-10-19(11-14-20)12-15-24(28)27-18-17-26(29)16-6-5-8-22(26)25(27)21-7-3-4-9-23(21)31-2/h3-4,7,9-15,22,25,29H,5-6,8,16-18H2,1-2H3/t22-,25-,26-/m0/s1. The molecule has 0 radical (unpaired) electrons. The number of nitrogens with zero attached hydrogens (tertiary/aromatic N) is 1. The summed E-state index contributed by atoms with van der Waals surface area (Å²) >= 11 is 0. The van der Waals surface area contributed by atoms with Crippen molar-refractivity contribution in [2.24, 2.45) is 5.92 Å². The molecule has 2 fully saturated rings. The first-order valence-corrected chi connectivity index (χ1v) is 11.0. The van der Waals surface area contributed by atoms with E-state index in [0.717, 1.165) is 48.3 Å². The van der Waals surface area contributed by atoms with Crippen molar-refractivity contribution in [2.45, 2.75) is 43.7 Å². The van der Waals surface area contributed by atoms with Crippen molar-refractivity contribution in [3.8, 4) is 11.5 Å². The summed E-state index contributed by atoms with van der Waals surface area (Å²) in [5.74, 6) is 1.51. The van der Waals surface area contributed by atoms with Gasteiger partial charge >= 0.3 is 0 Å². The molecular formula is C26H31NO4. The van der Waals surface area contributed by atoms with Gasteiger partial charge in [-0.25, -0.2) is 0 Å². The third kappa shape index (κ3) is 4.33. The minimum absolute atomic E-state index is 0.00429. The van der Waals surface area contributed by atoms with Crippen LogP contribution in [0.4, 0.5) is 0 Å². The molecule has 31 heavy (non-hydrogen) atoms. The predicted molar refractivity (Wildman–Crippen MR) is 121 cm³/mol. The zero-order valence-corrected chi connectivity index (χ0v) is 18.3. The molecule has 4 rings (SSSR count). The molecule has 1 aliphatic heterocycles. The van der Waals surface area contributed by atoms with Crippen LogP contribution >= 0.6 is 0 Å². The Morgan fingerprint density at radius 2 is 1.84 bits per heavy atom. The Morgan fingerprint density at radius 1 is 1.06 bits per heavy atom. The second-order valence-corrected chi connectivity index (χ2v) is 8.53. The van der Waals surface area contributed by atoms with Crippen molar-refractivity contribution in [3.63, 3.8) is 0 Å². The van der Waals surface area contributed by atoms with Crippen LogP contribution < -0.4 is 9.47 Å². The van der Waals surface area contributed by atoms with E-state index in [4.69, 9.17) is 9.47 Å². The number of carbonyl (C=O) groups is 1. The average Bonchev–Trinajstić information content (AvgIpc) is 2.81. The van der Waals surface area contributed by atoms with Crippen molar-refractivity contribution in [2.75, 3.05) is 20.8 Å². The van der Waals surface area contributed by atoms with Crippen molar-refractivity contribution < 1.29 is 19.4 Å². The number of carbonyl (C=O) groups excluding carboxylic acids is 1. The van der Waals surface area contributed by atoms with E-state index in [1.807, 2.05) is 59.5 Å². The average molecular weight is 422 g/mol. The molecule has 2 aromatic rings. The Balaban J connectivity index is 1.65. The van der Waals surface area contributed by atoms with E-state index in [2.05, 4.69) is 0 Å². The summed E-state index contributed by atoms with van der Waals surface area (Å²) in [7, 11) is 3.29. The van der Waals surface area contributed by atoms with Gasteiger partial charge in [-0.15, -0.1) is 0 Å². The highest BCUT2D eigenvalue weighted by molar-refractivity contribution is 5.92. The van der Waals surface area contributed by atoms with Gasteiger partial charge in [0.2, 0.25) is 5.91 Å². The lowest BCUT2D eigenvalue weighted by Crippen LogP contribution is -2.56. The van der Waals surface area contributed by atoms with E-state index in [9.17, 15) is 9.90 Å².